The third-order valence-electron chi connectivity index (χ3n) is 3.36. The van der Waals surface area contributed by atoms with Crippen LogP contribution in [0.25, 0.3) is 9.88 Å². The quantitative estimate of drug-likeness (QED) is 0.768. The highest BCUT2D eigenvalue weighted by Gasteiger charge is 2.09. The zero-order valence-corrected chi connectivity index (χ0v) is 13.8. The first-order valence-electron chi connectivity index (χ1n) is 7.02. The molecule has 0 aliphatic carbocycles. The van der Waals surface area contributed by atoms with Crippen LogP contribution in [0.15, 0.2) is 47.2 Å². The molecule has 3 aromatic rings. The molecule has 0 aliphatic heterocycles. The number of amides is 1. The lowest BCUT2D eigenvalue weighted by Crippen LogP contribution is -2.25. The van der Waals surface area contributed by atoms with Crippen LogP contribution in [-0.4, -0.2) is 10.9 Å². The zero-order chi connectivity index (χ0) is 15.4. The Morgan fingerprint density at radius 2 is 2.05 bits per heavy atom. The number of rotatable bonds is 5. The predicted molar refractivity (Wildman–Crippen MR) is 92.2 cm³/mol. The van der Waals surface area contributed by atoms with E-state index in [2.05, 4.69) is 23.3 Å². The van der Waals surface area contributed by atoms with Crippen LogP contribution in [0.4, 0.5) is 0 Å². The van der Waals surface area contributed by atoms with Gasteiger partial charge >= 0.3 is 0 Å². The maximum Gasteiger partial charge on any atom is 0.226 e. The van der Waals surface area contributed by atoms with Gasteiger partial charge in [-0.1, -0.05) is 30.3 Å². The molecule has 0 fully saturated rings. The second-order valence-electron chi connectivity index (χ2n) is 5.00. The summed E-state index contributed by atoms with van der Waals surface area (Å²) < 4.78 is 0. The molecule has 1 amide bonds. The SMILES string of the molecule is Cc1ccccc1CNC(=O)Cc1csc(-c2cccs2)n1. The molecule has 112 valence electrons. The summed E-state index contributed by atoms with van der Waals surface area (Å²) in [5, 5.41) is 7.94. The first kappa shape index (κ1) is 14.9. The second-order valence-corrected chi connectivity index (χ2v) is 6.81. The molecule has 1 aromatic carbocycles. The van der Waals surface area contributed by atoms with Gasteiger partial charge in [0.1, 0.15) is 5.01 Å². The van der Waals surface area contributed by atoms with Gasteiger partial charge in [-0.05, 0) is 29.5 Å². The number of nitrogens with zero attached hydrogens (tertiary/aromatic N) is 1. The Morgan fingerprint density at radius 3 is 2.82 bits per heavy atom. The van der Waals surface area contributed by atoms with Gasteiger partial charge in [0.15, 0.2) is 0 Å². The van der Waals surface area contributed by atoms with Crippen LogP contribution in [0.5, 0.6) is 0 Å². The van der Waals surface area contributed by atoms with Crippen molar-refractivity contribution in [1.82, 2.24) is 10.3 Å². The Morgan fingerprint density at radius 1 is 1.18 bits per heavy atom. The number of nitrogens with one attached hydrogen (secondary N) is 1. The number of thiophene rings is 1. The highest BCUT2D eigenvalue weighted by molar-refractivity contribution is 7.20. The molecule has 0 spiro atoms. The summed E-state index contributed by atoms with van der Waals surface area (Å²) in [6.45, 7) is 2.61. The summed E-state index contributed by atoms with van der Waals surface area (Å²) in [6.07, 6.45) is 0.327. The average Bonchev–Trinajstić information content (AvgIpc) is 3.17. The molecule has 0 saturated heterocycles. The first-order valence-corrected chi connectivity index (χ1v) is 8.78. The number of benzene rings is 1. The van der Waals surface area contributed by atoms with E-state index in [1.165, 1.54) is 5.56 Å². The topological polar surface area (TPSA) is 42.0 Å². The number of carbonyl (C=O) groups is 1. The molecule has 0 unspecified atom stereocenters. The molecule has 0 bridgehead atoms. The first-order chi connectivity index (χ1) is 10.7. The minimum Gasteiger partial charge on any atom is -0.352 e. The fourth-order valence-electron chi connectivity index (χ4n) is 2.13. The molecule has 0 radical (unpaired) electrons. The Kier molecular flexibility index (Phi) is 4.65. The zero-order valence-electron chi connectivity index (χ0n) is 12.2. The van der Waals surface area contributed by atoms with E-state index >= 15 is 0 Å². The van der Waals surface area contributed by atoms with E-state index in [0.717, 1.165) is 21.1 Å². The maximum atomic E-state index is 12.0. The van der Waals surface area contributed by atoms with Crippen molar-refractivity contribution in [2.45, 2.75) is 19.9 Å². The van der Waals surface area contributed by atoms with Gasteiger partial charge in [-0.15, -0.1) is 22.7 Å². The van der Waals surface area contributed by atoms with Gasteiger partial charge in [-0.3, -0.25) is 4.79 Å². The van der Waals surface area contributed by atoms with Crippen LogP contribution in [0.3, 0.4) is 0 Å². The van der Waals surface area contributed by atoms with E-state index in [1.54, 1.807) is 22.7 Å². The highest BCUT2D eigenvalue weighted by atomic mass is 32.1. The number of carbonyl (C=O) groups excluding carboxylic acids is 1. The molecule has 1 N–H and O–H groups in total. The van der Waals surface area contributed by atoms with Crippen LogP contribution in [0, 0.1) is 6.92 Å². The molecule has 0 atom stereocenters. The fraction of sp³-hybridized carbons (Fsp3) is 0.176. The van der Waals surface area contributed by atoms with Gasteiger partial charge in [0, 0.05) is 11.9 Å². The van der Waals surface area contributed by atoms with Gasteiger partial charge in [0.2, 0.25) is 5.91 Å². The lowest BCUT2D eigenvalue weighted by Gasteiger charge is -2.07. The molecule has 5 heteroatoms. The number of thiazole rings is 1. The molecular formula is C17H16N2OS2. The predicted octanol–water partition coefficient (Wildman–Crippen LogP) is 4.04. The number of aryl methyl sites for hydroxylation is 1. The van der Waals surface area contributed by atoms with Crippen LogP contribution in [-0.2, 0) is 17.8 Å². The summed E-state index contributed by atoms with van der Waals surface area (Å²) >= 11 is 3.25. The van der Waals surface area contributed by atoms with Crippen LogP contribution in [0.1, 0.15) is 16.8 Å². The molecule has 2 heterocycles. The Labute approximate surface area is 137 Å². The van der Waals surface area contributed by atoms with Crippen molar-refractivity contribution in [2.24, 2.45) is 0 Å². The Bertz CT molecular complexity index is 763. The third-order valence-corrected chi connectivity index (χ3v) is 5.29. The van der Waals surface area contributed by atoms with Gasteiger partial charge in [-0.25, -0.2) is 4.98 Å². The van der Waals surface area contributed by atoms with E-state index in [-0.39, 0.29) is 5.91 Å². The van der Waals surface area contributed by atoms with Crippen molar-refractivity contribution in [1.29, 1.82) is 0 Å². The molecular weight excluding hydrogens is 312 g/mol. The molecule has 0 saturated carbocycles. The minimum absolute atomic E-state index is 0.00582. The van der Waals surface area contributed by atoms with Gasteiger partial charge in [-0.2, -0.15) is 0 Å². The Hall–Kier alpha value is -1.98. The molecule has 2 aromatic heterocycles. The smallest absolute Gasteiger partial charge is 0.226 e. The van der Waals surface area contributed by atoms with Gasteiger partial charge in [0.25, 0.3) is 0 Å². The summed E-state index contributed by atoms with van der Waals surface area (Å²) in [7, 11) is 0. The lowest BCUT2D eigenvalue weighted by atomic mass is 10.1. The monoisotopic (exact) mass is 328 g/mol. The summed E-state index contributed by atoms with van der Waals surface area (Å²) in [4.78, 5) is 17.7. The van der Waals surface area contributed by atoms with Crippen LogP contribution in [0.2, 0.25) is 0 Å². The summed E-state index contributed by atoms with van der Waals surface area (Å²) in [5.74, 6) is 0.00582. The van der Waals surface area contributed by atoms with E-state index in [1.807, 2.05) is 41.1 Å². The van der Waals surface area contributed by atoms with E-state index in [9.17, 15) is 4.79 Å². The van der Waals surface area contributed by atoms with Crippen molar-refractivity contribution in [3.63, 3.8) is 0 Å². The van der Waals surface area contributed by atoms with Crippen LogP contribution < -0.4 is 5.32 Å². The number of hydrogen-bond donors (Lipinski definition) is 1. The molecule has 0 aliphatic rings. The lowest BCUT2D eigenvalue weighted by molar-refractivity contribution is -0.120. The number of hydrogen-bond acceptors (Lipinski definition) is 4. The fourth-order valence-corrected chi connectivity index (χ4v) is 3.76. The standard InChI is InChI=1S/C17H16N2OS2/c1-12-5-2-3-6-13(12)10-18-16(20)9-14-11-22-17(19-14)15-7-4-8-21-15/h2-8,11H,9-10H2,1H3,(H,18,20). The van der Waals surface area contributed by atoms with E-state index in [0.29, 0.717) is 13.0 Å². The van der Waals surface area contributed by atoms with Crippen molar-refractivity contribution in [3.8, 4) is 9.88 Å². The van der Waals surface area contributed by atoms with Crippen molar-refractivity contribution < 1.29 is 4.79 Å². The second kappa shape index (κ2) is 6.85. The normalized spacial score (nSPS) is 10.6. The van der Waals surface area contributed by atoms with Gasteiger partial charge < -0.3 is 5.32 Å². The molecule has 22 heavy (non-hydrogen) atoms. The van der Waals surface area contributed by atoms with Crippen molar-refractivity contribution in [2.75, 3.05) is 0 Å². The average molecular weight is 328 g/mol. The van der Waals surface area contributed by atoms with Gasteiger partial charge in [0.05, 0.1) is 17.0 Å². The highest BCUT2D eigenvalue weighted by Crippen LogP contribution is 2.27. The largest absolute Gasteiger partial charge is 0.352 e. The molecule has 3 nitrogen and oxygen atoms in total. The summed E-state index contributed by atoms with van der Waals surface area (Å²) in [5.41, 5.74) is 3.17. The summed E-state index contributed by atoms with van der Waals surface area (Å²) in [6, 6.07) is 12.1. The van der Waals surface area contributed by atoms with Crippen molar-refractivity contribution in [3.05, 3.63) is 64.0 Å². The Balaban J connectivity index is 1.57. The van der Waals surface area contributed by atoms with Crippen molar-refractivity contribution >= 4 is 28.6 Å². The number of aromatic nitrogens is 1. The minimum atomic E-state index is 0.00582. The van der Waals surface area contributed by atoms with E-state index < -0.39 is 0 Å². The van der Waals surface area contributed by atoms with E-state index in [4.69, 9.17) is 0 Å². The third kappa shape index (κ3) is 3.61. The molecule has 3 rings (SSSR count). The van der Waals surface area contributed by atoms with Crippen LogP contribution >= 0.6 is 22.7 Å². The maximum absolute atomic E-state index is 12.0.